The predicted octanol–water partition coefficient (Wildman–Crippen LogP) is -1.09. The normalized spacial score (nSPS) is 11.8. The van der Waals surface area contributed by atoms with Crippen LogP contribution in [0.1, 0.15) is 0 Å². The second kappa shape index (κ2) is 6.01. The van der Waals surface area contributed by atoms with E-state index in [4.69, 9.17) is 20.7 Å². The van der Waals surface area contributed by atoms with Crippen LogP contribution in [0.4, 0.5) is 5.69 Å². The van der Waals surface area contributed by atoms with E-state index < -0.39 is 29.3 Å². The Labute approximate surface area is 105 Å². The molecule has 0 fully saturated rings. The van der Waals surface area contributed by atoms with Gasteiger partial charge in [-0.25, -0.2) is 13.1 Å². The average Bonchev–Trinajstić information content (AvgIpc) is 2.35. The van der Waals surface area contributed by atoms with Gasteiger partial charge in [0.15, 0.2) is 0 Å². The molecule has 0 aliphatic heterocycles. The number of anilines is 1. The Morgan fingerprint density at radius 2 is 2.00 bits per heavy atom. The minimum absolute atomic E-state index is 0.0245. The van der Waals surface area contributed by atoms with Gasteiger partial charge in [-0.2, -0.15) is 0 Å². The van der Waals surface area contributed by atoms with E-state index in [1.165, 1.54) is 25.3 Å². The lowest BCUT2D eigenvalue weighted by Crippen LogP contribution is -2.40. The van der Waals surface area contributed by atoms with Crippen molar-refractivity contribution >= 4 is 15.7 Å². The molecule has 0 spiro atoms. The topological polar surface area (TPSA) is 122 Å². The molecule has 1 aromatic rings. The summed E-state index contributed by atoms with van der Waals surface area (Å²) in [7, 11) is -2.45. The highest BCUT2D eigenvalue weighted by atomic mass is 32.2. The third kappa shape index (κ3) is 3.33. The van der Waals surface area contributed by atoms with Crippen LogP contribution in [0.5, 0.6) is 5.75 Å². The molecule has 0 bridgehead atoms. The fourth-order valence-electron chi connectivity index (χ4n) is 1.31. The van der Waals surface area contributed by atoms with Gasteiger partial charge < -0.3 is 20.7 Å². The van der Waals surface area contributed by atoms with Gasteiger partial charge in [0, 0.05) is 6.07 Å². The highest BCUT2D eigenvalue weighted by Crippen LogP contribution is 2.23. The summed E-state index contributed by atoms with van der Waals surface area (Å²) in [6, 6.07) is 3.17. The van der Waals surface area contributed by atoms with Crippen molar-refractivity contribution in [1.82, 2.24) is 4.72 Å². The largest absolute Gasteiger partial charge is 0.497 e. The summed E-state index contributed by atoms with van der Waals surface area (Å²) in [5.41, 5.74) is 5.64. The summed E-state index contributed by atoms with van der Waals surface area (Å²) < 4.78 is 30.9. The minimum atomic E-state index is -3.89. The monoisotopic (exact) mass is 276 g/mol. The van der Waals surface area contributed by atoms with Crippen molar-refractivity contribution in [2.24, 2.45) is 0 Å². The standard InChI is InChI=1S/C10H16N2O5S/c1-17-8-2-3-10(9(11)4-8)18(15,16)12-7(5-13)6-14/h2-4,7,12-14H,5-6,11H2,1H3. The van der Waals surface area contributed by atoms with Gasteiger partial charge in [0.05, 0.1) is 32.1 Å². The first-order valence-electron chi connectivity index (χ1n) is 5.12. The van der Waals surface area contributed by atoms with Gasteiger partial charge in [-0.1, -0.05) is 0 Å². The Morgan fingerprint density at radius 3 is 2.44 bits per heavy atom. The second-order valence-corrected chi connectivity index (χ2v) is 5.27. The van der Waals surface area contributed by atoms with Crippen molar-refractivity contribution in [2.75, 3.05) is 26.1 Å². The average molecular weight is 276 g/mol. The van der Waals surface area contributed by atoms with E-state index in [0.717, 1.165) is 0 Å². The molecule has 102 valence electrons. The number of nitrogen functional groups attached to an aromatic ring is 1. The quantitative estimate of drug-likeness (QED) is 0.490. The van der Waals surface area contributed by atoms with E-state index in [0.29, 0.717) is 5.75 Å². The molecule has 0 unspecified atom stereocenters. The Hall–Kier alpha value is -1.35. The summed E-state index contributed by atoms with van der Waals surface area (Å²) in [6.45, 7) is -1.02. The molecule has 1 aromatic carbocycles. The van der Waals surface area contributed by atoms with Crippen LogP contribution < -0.4 is 15.2 Å². The molecule has 0 aromatic heterocycles. The Kier molecular flexibility index (Phi) is 4.91. The first kappa shape index (κ1) is 14.7. The number of aliphatic hydroxyl groups is 2. The smallest absolute Gasteiger partial charge is 0.243 e. The Morgan fingerprint density at radius 1 is 1.39 bits per heavy atom. The van der Waals surface area contributed by atoms with Gasteiger partial charge in [-0.15, -0.1) is 0 Å². The highest BCUT2D eigenvalue weighted by molar-refractivity contribution is 7.89. The van der Waals surface area contributed by atoms with Crippen LogP contribution in [-0.2, 0) is 10.0 Å². The van der Waals surface area contributed by atoms with Crippen LogP contribution in [0.25, 0.3) is 0 Å². The van der Waals surface area contributed by atoms with E-state index in [-0.39, 0.29) is 10.6 Å². The molecular formula is C10H16N2O5S. The van der Waals surface area contributed by atoms with E-state index in [9.17, 15) is 8.42 Å². The predicted molar refractivity (Wildman–Crippen MR) is 65.7 cm³/mol. The molecule has 1 rings (SSSR count). The van der Waals surface area contributed by atoms with E-state index in [1.807, 2.05) is 0 Å². The molecule has 0 aliphatic carbocycles. The minimum Gasteiger partial charge on any atom is -0.497 e. The van der Waals surface area contributed by atoms with Crippen molar-refractivity contribution in [2.45, 2.75) is 10.9 Å². The van der Waals surface area contributed by atoms with E-state index in [1.54, 1.807) is 0 Å². The summed E-state index contributed by atoms with van der Waals surface area (Å²) >= 11 is 0. The molecule has 18 heavy (non-hydrogen) atoms. The number of nitrogens with two attached hydrogens (primary N) is 1. The van der Waals surface area contributed by atoms with Crippen LogP contribution in [0.3, 0.4) is 0 Å². The molecule has 0 radical (unpaired) electrons. The maximum absolute atomic E-state index is 11.9. The number of ether oxygens (including phenoxy) is 1. The zero-order valence-electron chi connectivity index (χ0n) is 9.83. The molecule has 7 nitrogen and oxygen atoms in total. The number of rotatable bonds is 6. The number of hydrogen-bond acceptors (Lipinski definition) is 6. The van der Waals surface area contributed by atoms with Gasteiger partial charge in [-0.3, -0.25) is 0 Å². The van der Waals surface area contributed by atoms with E-state index in [2.05, 4.69) is 4.72 Å². The highest BCUT2D eigenvalue weighted by Gasteiger charge is 2.21. The molecule has 0 aliphatic rings. The first-order chi connectivity index (χ1) is 8.44. The number of sulfonamides is 1. The van der Waals surface area contributed by atoms with Crippen LogP contribution in [0, 0.1) is 0 Å². The summed E-state index contributed by atoms with van der Waals surface area (Å²) in [6.07, 6.45) is 0. The van der Waals surface area contributed by atoms with Crippen LogP contribution in [0.15, 0.2) is 23.1 Å². The van der Waals surface area contributed by atoms with Gasteiger partial charge in [0.1, 0.15) is 10.6 Å². The van der Waals surface area contributed by atoms with Gasteiger partial charge in [-0.05, 0) is 12.1 Å². The number of benzene rings is 1. The Bertz CT molecular complexity index is 499. The van der Waals surface area contributed by atoms with Crippen molar-refractivity contribution in [3.05, 3.63) is 18.2 Å². The van der Waals surface area contributed by atoms with Crippen LogP contribution in [0.2, 0.25) is 0 Å². The van der Waals surface area contributed by atoms with Gasteiger partial charge >= 0.3 is 0 Å². The second-order valence-electron chi connectivity index (χ2n) is 3.59. The maximum atomic E-state index is 11.9. The van der Waals surface area contributed by atoms with E-state index >= 15 is 0 Å². The lowest BCUT2D eigenvalue weighted by Gasteiger charge is -2.15. The number of methoxy groups -OCH3 is 1. The molecule has 0 amide bonds. The number of aliphatic hydroxyl groups excluding tert-OH is 2. The zero-order chi connectivity index (χ0) is 13.8. The fraction of sp³-hybridized carbons (Fsp3) is 0.400. The lowest BCUT2D eigenvalue weighted by molar-refractivity contribution is 0.185. The first-order valence-corrected chi connectivity index (χ1v) is 6.60. The zero-order valence-corrected chi connectivity index (χ0v) is 10.6. The van der Waals surface area contributed by atoms with Crippen molar-refractivity contribution in [1.29, 1.82) is 0 Å². The van der Waals surface area contributed by atoms with Gasteiger partial charge in [0.25, 0.3) is 0 Å². The maximum Gasteiger partial charge on any atom is 0.243 e. The summed E-state index contributed by atoms with van der Waals surface area (Å²) in [4.78, 5) is -0.129. The molecule has 0 saturated heterocycles. The number of hydrogen-bond donors (Lipinski definition) is 4. The summed E-state index contributed by atoms with van der Waals surface area (Å²) in [5.74, 6) is 0.437. The fourth-order valence-corrected chi connectivity index (χ4v) is 2.64. The third-order valence-corrected chi connectivity index (χ3v) is 3.86. The van der Waals surface area contributed by atoms with Gasteiger partial charge in [0.2, 0.25) is 10.0 Å². The SMILES string of the molecule is COc1ccc(S(=O)(=O)NC(CO)CO)c(N)c1. The van der Waals surface area contributed by atoms with Crippen LogP contribution >= 0.6 is 0 Å². The molecule has 0 atom stereocenters. The molecule has 8 heteroatoms. The Balaban J connectivity index is 3.05. The number of nitrogens with one attached hydrogen (secondary N) is 1. The van der Waals surface area contributed by atoms with Crippen molar-refractivity contribution in [3.63, 3.8) is 0 Å². The third-order valence-electron chi connectivity index (χ3n) is 2.27. The van der Waals surface area contributed by atoms with Crippen molar-refractivity contribution < 1.29 is 23.4 Å². The molecule has 5 N–H and O–H groups in total. The molecule has 0 heterocycles. The van der Waals surface area contributed by atoms with Crippen molar-refractivity contribution in [3.8, 4) is 5.75 Å². The summed E-state index contributed by atoms with van der Waals surface area (Å²) in [5, 5.41) is 17.7. The molecular weight excluding hydrogens is 260 g/mol. The lowest BCUT2D eigenvalue weighted by atomic mass is 10.3. The molecule has 0 saturated carbocycles. The van der Waals surface area contributed by atoms with Crippen LogP contribution in [-0.4, -0.2) is 45.0 Å².